The van der Waals surface area contributed by atoms with Crippen molar-refractivity contribution in [2.75, 3.05) is 60.2 Å². The van der Waals surface area contributed by atoms with Crippen LogP contribution < -0.4 is 16.8 Å². The maximum absolute atomic E-state index is 6.16. The minimum atomic E-state index is 0.0605. The van der Waals surface area contributed by atoms with Crippen LogP contribution in [-0.2, 0) is 9.47 Å². The number of ether oxygens (including phenoxy) is 2. The summed E-state index contributed by atoms with van der Waals surface area (Å²) < 4.78 is 10.1. The first-order chi connectivity index (χ1) is 9.76. The molecule has 6 nitrogen and oxygen atoms in total. The average Bonchev–Trinajstić information content (AvgIpc) is 2.44. The van der Waals surface area contributed by atoms with Gasteiger partial charge < -0.3 is 26.3 Å². The molecule has 5 N–H and O–H groups in total. The second kappa shape index (κ2) is 15.2. The molecule has 0 radical (unpaired) electrons. The van der Waals surface area contributed by atoms with E-state index >= 15 is 0 Å². The van der Waals surface area contributed by atoms with Gasteiger partial charge in [-0.25, -0.2) is 0 Å². The van der Waals surface area contributed by atoms with Crippen molar-refractivity contribution >= 4 is 0 Å². The molecular weight excluding hydrogens is 256 g/mol. The Bertz CT molecular complexity index is 196. The van der Waals surface area contributed by atoms with Crippen molar-refractivity contribution < 1.29 is 9.47 Å². The lowest BCUT2D eigenvalue weighted by atomic mass is 10.2. The summed E-state index contributed by atoms with van der Waals surface area (Å²) in [5.41, 5.74) is 11.7. The zero-order valence-corrected chi connectivity index (χ0v) is 13.3. The fourth-order valence-corrected chi connectivity index (χ4v) is 2.08. The highest BCUT2D eigenvalue weighted by atomic mass is 16.5. The molecule has 0 rings (SSSR count). The molecule has 0 aliphatic carbocycles. The van der Waals surface area contributed by atoms with E-state index in [4.69, 9.17) is 20.9 Å². The van der Waals surface area contributed by atoms with E-state index in [0.717, 1.165) is 65.1 Å². The highest BCUT2D eigenvalue weighted by Crippen LogP contribution is 2.01. The van der Waals surface area contributed by atoms with Crippen LogP contribution in [-0.4, -0.2) is 71.2 Å². The summed E-state index contributed by atoms with van der Waals surface area (Å²) in [6.45, 7) is 6.23. The summed E-state index contributed by atoms with van der Waals surface area (Å²) in [4.78, 5) is 2.31. The molecule has 1 unspecified atom stereocenters. The van der Waals surface area contributed by atoms with Crippen LogP contribution in [0.1, 0.15) is 25.7 Å². The molecule has 1 atom stereocenters. The number of nitrogens with one attached hydrogen (secondary N) is 1. The first-order valence-corrected chi connectivity index (χ1v) is 7.64. The number of nitrogens with two attached hydrogens (primary N) is 2. The number of rotatable bonds is 15. The van der Waals surface area contributed by atoms with Gasteiger partial charge >= 0.3 is 0 Å². The molecule has 0 aliphatic heterocycles. The van der Waals surface area contributed by atoms with Gasteiger partial charge in [0, 0.05) is 40.5 Å². The van der Waals surface area contributed by atoms with E-state index in [-0.39, 0.29) is 6.17 Å². The van der Waals surface area contributed by atoms with Gasteiger partial charge in [0.05, 0.1) is 6.17 Å². The van der Waals surface area contributed by atoms with Crippen LogP contribution in [0.4, 0.5) is 0 Å². The van der Waals surface area contributed by atoms with Crippen molar-refractivity contribution in [2.45, 2.75) is 31.8 Å². The molecule has 0 amide bonds. The van der Waals surface area contributed by atoms with Gasteiger partial charge in [0.25, 0.3) is 0 Å². The Morgan fingerprint density at radius 1 is 1.00 bits per heavy atom. The van der Waals surface area contributed by atoms with Gasteiger partial charge in [-0.05, 0) is 45.3 Å². The molecule has 0 aromatic heterocycles. The molecule has 0 saturated heterocycles. The van der Waals surface area contributed by atoms with E-state index in [9.17, 15) is 0 Å². The predicted octanol–water partition coefficient (Wildman–Crippen LogP) is -0.0253. The van der Waals surface area contributed by atoms with Crippen LogP contribution in [0.25, 0.3) is 0 Å². The molecule has 0 bridgehead atoms. The third kappa shape index (κ3) is 11.6. The molecule has 122 valence electrons. The second-order valence-corrected chi connectivity index (χ2v) is 4.98. The molecule has 0 fully saturated rings. The Morgan fingerprint density at radius 3 is 2.25 bits per heavy atom. The van der Waals surface area contributed by atoms with Crippen LogP contribution in [0.2, 0.25) is 0 Å². The molecule has 6 heteroatoms. The Balaban J connectivity index is 3.73. The number of hydrogen-bond donors (Lipinski definition) is 3. The Morgan fingerprint density at radius 2 is 1.60 bits per heavy atom. The monoisotopic (exact) mass is 290 g/mol. The summed E-state index contributed by atoms with van der Waals surface area (Å²) in [5.74, 6) is 0. The average molecular weight is 290 g/mol. The summed E-state index contributed by atoms with van der Waals surface area (Å²) in [6.07, 6.45) is 4.06. The van der Waals surface area contributed by atoms with Crippen LogP contribution in [0, 0.1) is 0 Å². The van der Waals surface area contributed by atoms with E-state index in [1.54, 1.807) is 14.2 Å². The van der Waals surface area contributed by atoms with Crippen molar-refractivity contribution in [3.8, 4) is 0 Å². The summed E-state index contributed by atoms with van der Waals surface area (Å²) in [6, 6.07) is 0. The van der Waals surface area contributed by atoms with Crippen molar-refractivity contribution in [2.24, 2.45) is 11.5 Å². The standard InChI is InChI=1S/C14H34N4O2/c1-19-12-4-9-17-8-3-10-18(11-5-13-20-2)14(16)6-7-15/h14,17H,3-13,15-16H2,1-2H3. The van der Waals surface area contributed by atoms with Gasteiger partial charge in [0.1, 0.15) is 0 Å². The smallest absolute Gasteiger partial charge is 0.0583 e. The Labute approximate surface area is 124 Å². The minimum absolute atomic E-state index is 0.0605. The summed E-state index contributed by atoms with van der Waals surface area (Å²) >= 11 is 0. The lowest BCUT2D eigenvalue weighted by Crippen LogP contribution is -2.45. The van der Waals surface area contributed by atoms with Crippen LogP contribution in [0.3, 0.4) is 0 Å². The molecule has 0 spiro atoms. The van der Waals surface area contributed by atoms with E-state index in [0.29, 0.717) is 6.54 Å². The normalized spacial score (nSPS) is 13.1. The Hall–Kier alpha value is -0.240. The maximum atomic E-state index is 6.16. The third-order valence-electron chi connectivity index (χ3n) is 3.23. The van der Waals surface area contributed by atoms with Gasteiger partial charge in [0.2, 0.25) is 0 Å². The zero-order valence-electron chi connectivity index (χ0n) is 13.3. The first-order valence-electron chi connectivity index (χ1n) is 7.64. The van der Waals surface area contributed by atoms with Gasteiger partial charge in [-0.1, -0.05) is 0 Å². The topological polar surface area (TPSA) is 85.8 Å². The number of methoxy groups -OCH3 is 2. The Kier molecular flexibility index (Phi) is 15.0. The van der Waals surface area contributed by atoms with Crippen LogP contribution in [0.15, 0.2) is 0 Å². The zero-order chi connectivity index (χ0) is 15.1. The van der Waals surface area contributed by atoms with Crippen LogP contribution >= 0.6 is 0 Å². The van der Waals surface area contributed by atoms with E-state index in [1.165, 1.54) is 0 Å². The van der Waals surface area contributed by atoms with E-state index in [2.05, 4.69) is 10.2 Å². The van der Waals surface area contributed by atoms with Gasteiger partial charge in [-0.3, -0.25) is 4.90 Å². The maximum Gasteiger partial charge on any atom is 0.0583 e. The first kappa shape index (κ1) is 19.8. The predicted molar refractivity (Wildman–Crippen MR) is 83.7 cm³/mol. The molecule has 20 heavy (non-hydrogen) atoms. The van der Waals surface area contributed by atoms with E-state index in [1.807, 2.05) is 0 Å². The van der Waals surface area contributed by atoms with Gasteiger partial charge in [0.15, 0.2) is 0 Å². The number of nitrogens with zero attached hydrogens (tertiary/aromatic N) is 1. The molecule has 0 aliphatic rings. The molecular formula is C14H34N4O2. The third-order valence-corrected chi connectivity index (χ3v) is 3.23. The molecule has 0 aromatic rings. The fourth-order valence-electron chi connectivity index (χ4n) is 2.08. The van der Waals surface area contributed by atoms with Gasteiger partial charge in [-0.15, -0.1) is 0 Å². The quantitative estimate of drug-likeness (QED) is 0.290. The largest absolute Gasteiger partial charge is 0.385 e. The van der Waals surface area contributed by atoms with E-state index < -0.39 is 0 Å². The molecule has 0 heterocycles. The van der Waals surface area contributed by atoms with Crippen molar-refractivity contribution in [1.82, 2.24) is 10.2 Å². The fraction of sp³-hybridized carbons (Fsp3) is 1.00. The second-order valence-electron chi connectivity index (χ2n) is 4.98. The lowest BCUT2D eigenvalue weighted by molar-refractivity contribution is 0.145. The molecule has 0 aromatic carbocycles. The van der Waals surface area contributed by atoms with Crippen molar-refractivity contribution in [1.29, 1.82) is 0 Å². The van der Waals surface area contributed by atoms with Crippen LogP contribution in [0.5, 0.6) is 0 Å². The highest BCUT2D eigenvalue weighted by Gasteiger charge is 2.12. The van der Waals surface area contributed by atoms with Gasteiger partial charge in [-0.2, -0.15) is 0 Å². The van der Waals surface area contributed by atoms with Crippen molar-refractivity contribution in [3.63, 3.8) is 0 Å². The minimum Gasteiger partial charge on any atom is -0.385 e. The summed E-state index contributed by atoms with van der Waals surface area (Å²) in [5, 5.41) is 3.42. The SMILES string of the molecule is COCCCNCCCN(CCCOC)C(N)CCN. The van der Waals surface area contributed by atoms with Crippen molar-refractivity contribution in [3.05, 3.63) is 0 Å². The summed E-state index contributed by atoms with van der Waals surface area (Å²) in [7, 11) is 3.46. The highest BCUT2D eigenvalue weighted by molar-refractivity contribution is 4.67. The lowest BCUT2D eigenvalue weighted by Gasteiger charge is -2.28. The molecule has 0 saturated carbocycles. The number of hydrogen-bond acceptors (Lipinski definition) is 6.